The zero-order chi connectivity index (χ0) is 35.8. The molecule has 0 spiro atoms. The topological polar surface area (TPSA) is 52.0 Å². The third-order valence-electron chi connectivity index (χ3n) is 13.9. The van der Waals surface area contributed by atoms with Crippen molar-refractivity contribution in [3.63, 3.8) is 0 Å². The van der Waals surface area contributed by atoms with Gasteiger partial charge in [-0.05, 0) is 95.7 Å². The van der Waals surface area contributed by atoms with Crippen molar-refractivity contribution in [2.24, 2.45) is 0 Å². The maximum absolute atomic E-state index is 11.1. The number of benzene rings is 8. The van der Waals surface area contributed by atoms with Crippen molar-refractivity contribution in [3.8, 4) is 12.1 Å². The predicted molar refractivity (Wildman–Crippen MR) is 218 cm³/mol. The fourth-order valence-electron chi connectivity index (χ4n) is 12.2. The van der Waals surface area contributed by atoms with Gasteiger partial charge in [-0.3, -0.25) is 0 Å². The highest BCUT2D eigenvalue weighted by Crippen LogP contribution is 2.62. The molecular formula is C52H27N3. The van der Waals surface area contributed by atoms with E-state index in [-0.39, 0.29) is 23.7 Å². The number of hydrogen-bond acceptors (Lipinski definition) is 2. The minimum atomic E-state index is -0.0116. The Morgan fingerprint density at radius 2 is 0.764 bits per heavy atom. The molecule has 0 amide bonds. The van der Waals surface area contributed by atoms with Crippen LogP contribution in [0.5, 0.6) is 0 Å². The van der Waals surface area contributed by atoms with Gasteiger partial charge in [-0.15, -0.1) is 0 Å². The first kappa shape index (κ1) is 28.3. The van der Waals surface area contributed by atoms with Gasteiger partial charge in [-0.1, -0.05) is 121 Å². The van der Waals surface area contributed by atoms with Crippen LogP contribution in [0.25, 0.3) is 48.9 Å². The average Bonchev–Trinajstić information content (AvgIpc) is 3.77. The van der Waals surface area contributed by atoms with Gasteiger partial charge < -0.3 is 4.40 Å². The normalized spacial score (nSPS) is 19.2. The van der Waals surface area contributed by atoms with E-state index in [1.54, 1.807) is 0 Å². The number of nitrogens with zero attached hydrogens (tertiary/aromatic N) is 3. The van der Waals surface area contributed by atoms with E-state index in [1.165, 1.54) is 93.5 Å². The Bertz CT molecular complexity index is 3450. The Morgan fingerprint density at radius 1 is 0.382 bits per heavy atom. The van der Waals surface area contributed by atoms with Crippen molar-refractivity contribution in [1.29, 1.82) is 10.5 Å². The van der Waals surface area contributed by atoms with Crippen molar-refractivity contribution >= 4 is 48.9 Å². The SMILES string of the molecule is N#Cc1cc2c(c3c1C1c4ccccc4C3c3ccccc31)c1cc3ccccc3c3c4c5c(c(C#N)cc4n2c13)C1c2ccccc2C5c2ccccc21. The molecule has 3 nitrogen and oxygen atoms in total. The smallest absolute Gasteiger partial charge is 0.0995 e. The van der Waals surface area contributed by atoms with Crippen LogP contribution >= 0.6 is 0 Å². The lowest BCUT2D eigenvalue weighted by atomic mass is 9.59. The van der Waals surface area contributed by atoms with Gasteiger partial charge in [0.25, 0.3) is 0 Å². The predicted octanol–water partition coefficient (Wildman–Crippen LogP) is 11.7. The van der Waals surface area contributed by atoms with Crippen molar-refractivity contribution in [1.82, 2.24) is 4.40 Å². The standard InChI is InChI=1S/C52H27N3/c53-24-27-22-39-47(50-41(27)43-30-13-3-7-17-34(30)45(50)35-18-8-4-14-31(35)43)38-21-26-11-1-2-12-29(26)48-49-40(55(39)52(38)48)23-28(25-54)42-44-32-15-5-9-19-36(32)46(51(42)49)37-20-10-6-16-33(37)44/h1-23,43-46H. The Morgan fingerprint density at radius 3 is 1.22 bits per heavy atom. The number of nitriles is 2. The van der Waals surface area contributed by atoms with Gasteiger partial charge in [-0.25, -0.2) is 0 Å². The van der Waals surface area contributed by atoms with E-state index in [2.05, 4.69) is 156 Å². The van der Waals surface area contributed by atoms with Crippen LogP contribution in [0, 0.1) is 22.7 Å². The van der Waals surface area contributed by atoms with Crippen LogP contribution in [0.15, 0.2) is 140 Å². The molecule has 8 aromatic carbocycles. The molecule has 0 unspecified atom stereocenters. The van der Waals surface area contributed by atoms with Crippen LogP contribution in [-0.4, -0.2) is 4.40 Å². The number of hydrogen-bond donors (Lipinski definition) is 0. The highest BCUT2D eigenvalue weighted by molar-refractivity contribution is 6.33. The van der Waals surface area contributed by atoms with Crippen molar-refractivity contribution < 1.29 is 0 Å². The molecule has 0 saturated heterocycles. The molecule has 2 heterocycles. The van der Waals surface area contributed by atoms with E-state index in [0.717, 1.165) is 33.3 Å². The Balaban J connectivity index is 1.22. The Kier molecular flexibility index (Phi) is 4.88. The molecule has 2 aromatic heterocycles. The van der Waals surface area contributed by atoms with Crippen molar-refractivity contribution in [2.75, 3.05) is 0 Å². The minimum absolute atomic E-state index is 0.00510. The zero-order valence-corrected chi connectivity index (χ0v) is 29.4. The zero-order valence-electron chi connectivity index (χ0n) is 29.4. The summed E-state index contributed by atoms with van der Waals surface area (Å²) in [5.74, 6) is -0.00108. The highest BCUT2D eigenvalue weighted by Gasteiger charge is 2.47. The van der Waals surface area contributed by atoms with Crippen LogP contribution < -0.4 is 0 Å². The molecule has 3 heteroatoms. The van der Waals surface area contributed by atoms with E-state index in [1.807, 2.05) is 0 Å². The Labute approximate surface area is 315 Å². The molecule has 10 aromatic rings. The molecule has 0 fully saturated rings. The summed E-state index contributed by atoms with van der Waals surface area (Å²) in [5, 5.41) is 29.5. The third-order valence-corrected chi connectivity index (χ3v) is 13.9. The summed E-state index contributed by atoms with van der Waals surface area (Å²) in [4.78, 5) is 0. The quantitative estimate of drug-likeness (QED) is 0.159. The van der Waals surface area contributed by atoms with E-state index in [9.17, 15) is 10.5 Å². The lowest BCUT2D eigenvalue weighted by Crippen LogP contribution is -2.28. The molecule has 55 heavy (non-hydrogen) atoms. The summed E-state index contributed by atoms with van der Waals surface area (Å²) in [6, 6.07) is 56.5. The fourth-order valence-corrected chi connectivity index (χ4v) is 12.2. The highest BCUT2D eigenvalue weighted by atomic mass is 14.9. The van der Waals surface area contributed by atoms with E-state index < -0.39 is 0 Å². The second-order valence-corrected chi connectivity index (χ2v) is 16.0. The molecular weight excluding hydrogens is 667 g/mol. The molecule has 0 N–H and O–H groups in total. The molecule has 16 rings (SSSR count). The van der Waals surface area contributed by atoms with Gasteiger partial charge in [0.1, 0.15) is 0 Å². The summed E-state index contributed by atoms with van der Waals surface area (Å²) in [6.07, 6.45) is 0. The number of fused-ring (bicyclic) bond motifs is 8. The van der Waals surface area contributed by atoms with Crippen LogP contribution in [0.4, 0.5) is 0 Å². The Hall–Kier alpha value is -7.20. The van der Waals surface area contributed by atoms with Crippen LogP contribution in [0.2, 0.25) is 0 Å². The summed E-state index contributed by atoms with van der Waals surface area (Å²) >= 11 is 0. The van der Waals surface area contributed by atoms with Gasteiger partial charge in [0.15, 0.2) is 0 Å². The molecule has 250 valence electrons. The molecule has 0 atom stereocenters. The summed E-state index contributed by atoms with van der Waals surface area (Å²) < 4.78 is 2.43. The first-order chi connectivity index (χ1) is 27.3. The molecule has 6 aliphatic carbocycles. The molecule has 0 saturated carbocycles. The average molecular weight is 694 g/mol. The first-order valence-corrected chi connectivity index (χ1v) is 19.2. The van der Waals surface area contributed by atoms with Gasteiger partial charge in [-0.2, -0.15) is 10.5 Å². The summed E-state index contributed by atoms with van der Waals surface area (Å²) in [5.41, 5.74) is 20.2. The maximum atomic E-state index is 11.1. The second-order valence-electron chi connectivity index (χ2n) is 16.0. The first-order valence-electron chi connectivity index (χ1n) is 19.2. The third kappa shape index (κ3) is 3.04. The van der Waals surface area contributed by atoms with Crippen LogP contribution in [-0.2, 0) is 0 Å². The van der Waals surface area contributed by atoms with E-state index in [4.69, 9.17) is 0 Å². The minimum Gasteiger partial charge on any atom is -0.308 e. The molecule has 0 aliphatic heterocycles. The molecule has 6 aliphatic rings. The van der Waals surface area contributed by atoms with Crippen LogP contribution in [0.3, 0.4) is 0 Å². The van der Waals surface area contributed by atoms with Gasteiger partial charge in [0.05, 0.1) is 39.8 Å². The number of aromatic nitrogens is 1. The molecule has 4 bridgehead atoms. The lowest BCUT2D eigenvalue weighted by Gasteiger charge is -2.43. The molecule has 0 radical (unpaired) electrons. The largest absolute Gasteiger partial charge is 0.308 e. The summed E-state index contributed by atoms with van der Waals surface area (Å²) in [7, 11) is 0. The van der Waals surface area contributed by atoms with E-state index in [0.29, 0.717) is 0 Å². The number of rotatable bonds is 0. The van der Waals surface area contributed by atoms with Crippen molar-refractivity contribution in [3.05, 3.63) is 217 Å². The summed E-state index contributed by atoms with van der Waals surface area (Å²) in [6.45, 7) is 0. The lowest BCUT2D eigenvalue weighted by molar-refractivity contribution is 0.758. The van der Waals surface area contributed by atoms with Crippen molar-refractivity contribution in [2.45, 2.75) is 23.7 Å². The van der Waals surface area contributed by atoms with E-state index >= 15 is 0 Å². The van der Waals surface area contributed by atoms with Gasteiger partial charge >= 0.3 is 0 Å². The fraction of sp³-hybridized carbons (Fsp3) is 0.0769. The van der Waals surface area contributed by atoms with Crippen LogP contribution in [0.1, 0.15) is 102 Å². The van der Waals surface area contributed by atoms with Gasteiger partial charge in [0.2, 0.25) is 0 Å². The van der Waals surface area contributed by atoms with Gasteiger partial charge in [0, 0.05) is 45.2 Å². The monoisotopic (exact) mass is 693 g/mol. The maximum Gasteiger partial charge on any atom is 0.0995 e. The second kappa shape index (κ2) is 9.47.